The molecule has 18 heavy (non-hydrogen) atoms. The molecule has 3 N–H and O–H groups in total. The van der Waals surface area contributed by atoms with Gasteiger partial charge in [-0.2, -0.15) is 5.10 Å². The smallest absolute Gasteiger partial charge is 0.0731 e. The molecule has 4 heteroatoms. The summed E-state index contributed by atoms with van der Waals surface area (Å²) in [7, 11) is 0. The maximum atomic E-state index is 5.82. The molecule has 1 aromatic carbocycles. The molecule has 2 aromatic rings. The first-order chi connectivity index (χ1) is 8.76. The van der Waals surface area contributed by atoms with Crippen LogP contribution in [0.25, 0.3) is 0 Å². The number of benzene rings is 1. The molecule has 1 aliphatic rings. The number of aryl methyl sites for hydroxylation is 2. The molecule has 4 nitrogen and oxygen atoms in total. The Hall–Kier alpha value is -1.97. The van der Waals surface area contributed by atoms with Crippen molar-refractivity contribution in [3.05, 3.63) is 41.7 Å². The third kappa shape index (κ3) is 1.94. The minimum Gasteiger partial charge on any atom is -0.399 e. The Labute approximate surface area is 107 Å². The van der Waals surface area contributed by atoms with E-state index in [0.29, 0.717) is 6.04 Å². The van der Waals surface area contributed by atoms with Crippen molar-refractivity contribution in [2.45, 2.75) is 32.4 Å². The Morgan fingerprint density at radius 3 is 3.17 bits per heavy atom. The molecular weight excluding hydrogens is 224 g/mol. The number of nitrogens with zero attached hydrogens (tertiary/aromatic N) is 2. The van der Waals surface area contributed by atoms with E-state index in [0.717, 1.165) is 30.8 Å². The molecule has 1 heterocycles. The summed E-state index contributed by atoms with van der Waals surface area (Å²) in [5.41, 5.74) is 10.5. The van der Waals surface area contributed by atoms with Gasteiger partial charge in [0, 0.05) is 18.4 Å². The van der Waals surface area contributed by atoms with Gasteiger partial charge in [0.25, 0.3) is 0 Å². The van der Waals surface area contributed by atoms with Crippen LogP contribution in [0.1, 0.15) is 30.5 Å². The molecule has 0 saturated carbocycles. The predicted molar refractivity (Wildman–Crippen MR) is 73.4 cm³/mol. The van der Waals surface area contributed by atoms with Crippen LogP contribution in [0.5, 0.6) is 0 Å². The predicted octanol–water partition coefficient (Wildman–Crippen LogP) is 2.58. The van der Waals surface area contributed by atoms with Gasteiger partial charge in [-0.15, -0.1) is 0 Å². The van der Waals surface area contributed by atoms with Crippen LogP contribution < -0.4 is 11.1 Å². The molecule has 94 valence electrons. The summed E-state index contributed by atoms with van der Waals surface area (Å²) in [5, 5.41) is 7.83. The molecule has 0 bridgehead atoms. The Kier molecular flexibility index (Phi) is 2.70. The molecule has 1 aliphatic carbocycles. The largest absolute Gasteiger partial charge is 0.399 e. The first kappa shape index (κ1) is 11.1. The molecule has 1 unspecified atom stereocenters. The summed E-state index contributed by atoms with van der Waals surface area (Å²) in [6, 6.07) is 6.59. The second-order valence-electron chi connectivity index (χ2n) is 4.78. The highest BCUT2D eigenvalue weighted by Crippen LogP contribution is 2.34. The number of nitrogens with two attached hydrogens (primary N) is 1. The third-order valence-electron chi connectivity index (χ3n) is 3.54. The number of hydrogen-bond donors (Lipinski definition) is 2. The van der Waals surface area contributed by atoms with Crippen LogP contribution in [-0.4, -0.2) is 9.78 Å². The van der Waals surface area contributed by atoms with E-state index in [4.69, 9.17) is 5.73 Å². The summed E-state index contributed by atoms with van der Waals surface area (Å²) >= 11 is 0. The number of rotatable bonds is 3. The first-order valence-corrected chi connectivity index (χ1v) is 6.43. The third-order valence-corrected chi connectivity index (χ3v) is 3.54. The van der Waals surface area contributed by atoms with Crippen molar-refractivity contribution in [1.82, 2.24) is 9.78 Å². The van der Waals surface area contributed by atoms with Gasteiger partial charge in [-0.3, -0.25) is 4.68 Å². The van der Waals surface area contributed by atoms with Crippen molar-refractivity contribution in [3.8, 4) is 0 Å². The lowest BCUT2D eigenvalue weighted by atomic mass is 10.1. The molecule has 0 radical (unpaired) electrons. The second kappa shape index (κ2) is 4.37. The van der Waals surface area contributed by atoms with Gasteiger partial charge in [0.15, 0.2) is 0 Å². The fourth-order valence-corrected chi connectivity index (χ4v) is 2.60. The number of hydrogen-bond acceptors (Lipinski definition) is 3. The van der Waals surface area contributed by atoms with Crippen LogP contribution in [0.4, 0.5) is 11.4 Å². The van der Waals surface area contributed by atoms with Crippen LogP contribution >= 0.6 is 0 Å². The highest BCUT2D eigenvalue weighted by Gasteiger charge is 2.22. The van der Waals surface area contributed by atoms with E-state index in [2.05, 4.69) is 35.7 Å². The Morgan fingerprint density at radius 1 is 1.50 bits per heavy atom. The van der Waals surface area contributed by atoms with Crippen molar-refractivity contribution in [2.75, 3.05) is 11.1 Å². The minimum absolute atomic E-state index is 0.384. The lowest BCUT2D eigenvalue weighted by Gasteiger charge is -2.13. The summed E-state index contributed by atoms with van der Waals surface area (Å²) in [6.45, 7) is 2.99. The average Bonchev–Trinajstić information content (AvgIpc) is 2.97. The van der Waals surface area contributed by atoms with Crippen molar-refractivity contribution in [3.63, 3.8) is 0 Å². The molecule has 1 atom stereocenters. The van der Waals surface area contributed by atoms with E-state index < -0.39 is 0 Å². The van der Waals surface area contributed by atoms with Gasteiger partial charge in [-0.1, -0.05) is 6.07 Å². The van der Waals surface area contributed by atoms with Gasteiger partial charge in [0.05, 0.1) is 17.9 Å². The number of fused-ring (bicyclic) bond motifs is 1. The maximum Gasteiger partial charge on any atom is 0.0731 e. The molecule has 0 saturated heterocycles. The first-order valence-electron chi connectivity index (χ1n) is 6.43. The Bertz CT molecular complexity index is 559. The van der Waals surface area contributed by atoms with Crippen LogP contribution in [0.2, 0.25) is 0 Å². The van der Waals surface area contributed by atoms with Crippen LogP contribution in [0.15, 0.2) is 30.6 Å². The zero-order valence-electron chi connectivity index (χ0n) is 10.6. The number of anilines is 2. The topological polar surface area (TPSA) is 55.9 Å². The average molecular weight is 242 g/mol. The quantitative estimate of drug-likeness (QED) is 0.813. The van der Waals surface area contributed by atoms with E-state index >= 15 is 0 Å². The van der Waals surface area contributed by atoms with E-state index in [9.17, 15) is 0 Å². The van der Waals surface area contributed by atoms with E-state index in [1.54, 1.807) is 0 Å². The molecule has 0 aliphatic heterocycles. The standard InChI is InChI=1S/C14H18N4/c1-2-18-9-12(8-16-18)17-14-6-3-10-7-11(15)4-5-13(10)14/h4-5,7-9,14,17H,2-3,6,15H2,1H3. The number of nitrogens with one attached hydrogen (secondary N) is 1. The van der Waals surface area contributed by atoms with Gasteiger partial charge in [-0.05, 0) is 43.0 Å². The van der Waals surface area contributed by atoms with Gasteiger partial charge >= 0.3 is 0 Å². The lowest BCUT2D eigenvalue weighted by molar-refractivity contribution is 0.659. The van der Waals surface area contributed by atoms with Crippen LogP contribution in [-0.2, 0) is 13.0 Å². The molecule has 0 fully saturated rings. The highest BCUT2D eigenvalue weighted by atomic mass is 15.3. The van der Waals surface area contributed by atoms with Gasteiger partial charge in [0.2, 0.25) is 0 Å². The molecule has 0 amide bonds. The zero-order chi connectivity index (χ0) is 12.5. The Morgan fingerprint density at radius 2 is 2.39 bits per heavy atom. The number of aromatic nitrogens is 2. The summed E-state index contributed by atoms with van der Waals surface area (Å²) in [5.74, 6) is 0. The zero-order valence-corrected chi connectivity index (χ0v) is 10.6. The maximum absolute atomic E-state index is 5.82. The van der Waals surface area contributed by atoms with Crippen molar-refractivity contribution < 1.29 is 0 Å². The van der Waals surface area contributed by atoms with Crippen molar-refractivity contribution in [1.29, 1.82) is 0 Å². The van der Waals surface area contributed by atoms with Gasteiger partial charge in [-0.25, -0.2) is 0 Å². The SMILES string of the molecule is CCn1cc(NC2CCc3cc(N)ccc32)cn1. The highest BCUT2D eigenvalue weighted by molar-refractivity contribution is 5.51. The fourth-order valence-electron chi connectivity index (χ4n) is 2.60. The summed E-state index contributed by atoms with van der Waals surface area (Å²) in [4.78, 5) is 0. The summed E-state index contributed by atoms with van der Waals surface area (Å²) in [6.07, 6.45) is 6.16. The van der Waals surface area contributed by atoms with Gasteiger partial charge in [0.1, 0.15) is 0 Å². The van der Waals surface area contributed by atoms with Crippen molar-refractivity contribution >= 4 is 11.4 Å². The minimum atomic E-state index is 0.384. The van der Waals surface area contributed by atoms with Gasteiger partial charge < -0.3 is 11.1 Å². The molecule has 1 aromatic heterocycles. The number of nitrogen functional groups attached to an aromatic ring is 1. The summed E-state index contributed by atoms with van der Waals surface area (Å²) < 4.78 is 1.93. The monoisotopic (exact) mass is 242 g/mol. The van der Waals surface area contributed by atoms with E-state index in [1.165, 1.54) is 11.1 Å². The molecule has 0 spiro atoms. The van der Waals surface area contributed by atoms with E-state index in [1.807, 2.05) is 16.9 Å². The normalized spacial score (nSPS) is 17.7. The van der Waals surface area contributed by atoms with Crippen molar-refractivity contribution in [2.24, 2.45) is 0 Å². The van der Waals surface area contributed by atoms with Crippen LogP contribution in [0.3, 0.4) is 0 Å². The Balaban J connectivity index is 1.80. The second-order valence-corrected chi connectivity index (χ2v) is 4.78. The fraction of sp³-hybridized carbons (Fsp3) is 0.357. The molecule has 3 rings (SSSR count). The van der Waals surface area contributed by atoms with Crippen LogP contribution in [0, 0.1) is 0 Å². The molecular formula is C14H18N4. The van der Waals surface area contributed by atoms with E-state index in [-0.39, 0.29) is 0 Å². The lowest BCUT2D eigenvalue weighted by Crippen LogP contribution is -2.06.